The van der Waals surface area contributed by atoms with Crippen molar-refractivity contribution in [3.63, 3.8) is 0 Å². The standard InChI is InChI=1S/C16H14Se/c1-2-6-13(7-3-1)12-16-15-9-5-4-8-14(15)10-11-17-16/h1-11,16H,12H2. The van der Waals surface area contributed by atoms with Gasteiger partial charge in [-0.1, -0.05) is 0 Å². The van der Waals surface area contributed by atoms with E-state index in [0.717, 1.165) is 0 Å². The molecule has 0 saturated carbocycles. The quantitative estimate of drug-likeness (QED) is 0.739. The third-order valence-electron chi connectivity index (χ3n) is 3.10. The Hall–Kier alpha value is -1.30. The molecule has 0 radical (unpaired) electrons. The third kappa shape index (κ3) is 2.36. The summed E-state index contributed by atoms with van der Waals surface area (Å²) in [5.41, 5.74) is 4.38. The van der Waals surface area contributed by atoms with Crippen molar-refractivity contribution in [2.24, 2.45) is 0 Å². The van der Waals surface area contributed by atoms with Gasteiger partial charge >= 0.3 is 109 Å². The summed E-state index contributed by atoms with van der Waals surface area (Å²) < 4.78 is 0. The molecule has 17 heavy (non-hydrogen) atoms. The van der Waals surface area contributed by atoms with E-state index in [1.165, 1.54) is 23.1 Å². The van der Waals surface area contributed by atoms with Crippen molar-refractivity contribution in [2.45, 2.75) is 11.2 Å². The zero-order valence-corrected chi connectivity index (χ0v) is 11.3. The second-order valence-electron chi connectivity index (χ2n) is 4.25. The summed E-state index contributed by atoms with van der Waals surface area (Å²) in [5.74, 6) is 0. The summed E-state index contributed by atoms with van der Waals surface area (Å²) in [6.07, 6.45) is 3.44. The second kappa shape index (κ2) is 4.91. The van der Waals surface area contributed by atoms with E-state index in [0.29, 0.717) is 19.8 Å². The van der Waals surface area contributed by atoms with Gasteiger partial charge in [-0.15, -0.1) is 0 Å². The van der Waals surface area contributed by atoms with E-state index in [1.54, 1.807) is 0 Å². The molecule has 0 fully saturated rings. The van der Waals surface area contributed by atoms with E-state index >= 15 is 0 Å². The van der Waals surface area contributed by atoms with Crippen LogP contribution in [-0.2, 0) is 6.42 Å². The van der Waals surface area contributed by atoms with Crippen LogP contribution >= 0.6 is 0 Å². The molecule has 1 heterocycles. The molecule has 0 saturated heterocycles. The molecule has 0 spiro atoms. The van der Waals surface area contributed by atoms with Crippen LogP contribution in [-0.4, -0.2) is 15.0 Å². The summed E-state index contributed by atoms with van der Waals surface area (Å²) in [6, 6.07) is 19.6. The molecule has 1 aliphatic rings. The Morgan fingerprint density at radius 1 is 0.882 bits per heavy atom. The van der Waals surface area contributed by atoms with Crippen LogP contribution in [0.15, 0.2) is 59.6 Å². The van der Waals surface area contributed by atoms with Crippen LogP contribution in [0, 0.1) is 0 Å². The normalized spacial score (nSPS) is 17.8. The van der Waals surface area contributed by atoms with Gasteiger partial charge in [-0.25, -0.2) is 0 Å². The summed E-state index contributed by atoms with van der Waals surface area (Å²) in [4.78, 5) is 3.06. The van der Waals surface area contributed by atoms with Crippen molar-refractivity contribution in [1.29, 1.82) is 0 Å². The molecule has 0 bridgehead atoms. The Kier molecular flexibility index (Phi) is 3.13. The minimum atomic E-state index is 0.587. The van der Waals surface area contributed by atoms with Crippen LogP contribution in [0.25, 0.3) is 6.08 Å². The van der Waals surface area contributed by atoms with Gasteiger partial charge in [-0.3, -0.25) is 0 Å². The number of hydrogen-bond acceptors (Lipinski definition) is 0. The van der Waals surface area contributed by atoms with Gasteiger partial charge in [0.05, 0.1) is 0 Å². The van der Waals surface area contributed by atoms with Gasteiger partial charge < -0.3 is 0 Å². The topological polar surface area (TPSA) is 0 Å². The molecule has 1 heteroatoms. The molecule has 1 atom stereocenters. The van der Waals surface area contributed by atoms with E-state index < -0.39 is 0 Å². The molecule has 2 aromatic carbocycles. The molecular weight excluding hydrogens is 271 g/mol. The number of rotatable bonds is 2. The van der Waals surface area contributed by atoms with Gasteiger partial charge in [0.25, 0.3) is 0 Å². The molecule has 1 unspecified atom stereocenters. The van der Waals surface area contributed by atoms with Gasteiger partial charge in [0.15, 0.2) is 0 Å². The molecule has 2 aromatic rings. The molecule has 0 aromatic heterocycles. The zero-order valence-electron chi connectivity index (χ0n) is 9.54. The van der Waals surface area contributed by atoms with Gasteiger partial charge in [0.2, 0.25) is 0 Å². The molecule has 0 amide bonds. The molecule has 0 N–H and O–H groups in total. The van der Waals surface area contributed by atoms with Crippen LogP contribution < -0.4 is 0 Å². The predicted octanol–water partition coefficient (Wildman–Crippen LogP) is 3.66. The summed E-state index contributed by atoms with van der Waals surface area (Å²) in [7, 11) is 0. The van der Waals surface area contributed by atoms with Crippen LogP contribution in [0.3, 0.4) is 0 Å². The predicted molar refractivity (Wildman–Crippen MR) is 74.1 cm³/mol. The zero-order chi connectivity index (χ0) is 11.5. The Morgan fingerprint density at radius 2 is 1.65 bits per heavy atom. The molecule has 3 rings (SSSR count). The van der Waals surface area contributed by atoms with Crippen molar-refractivity contribution in [1.82, 2.24) is 0 Å². The molecule has 0 nitrogen and oxygen atoms in total. The fourth-order valence-corrected chi connectivity index (χ4v) is 4.46. The van der Waals surface area contributed by atoms with Gasteiger partial charge in [-0.05, 0) is 0 Å². The molecule has 0 aliphatic carbocycles. The van der Waals surface area contributed by atoms with Crippen molar-refractivity contribution < 1.29 is 0 Å². The summed E-state index contributed by atoms with van der Waals surface area (Å²) in [5, 5.41) is 0. The first-order valence-corrected chi connectivity index (χ1v) is 7.86. The van der Waals surface area contributed by atoms with Crippen LogP contribution in [0.5, 0.6) is 0 Å². The Labute approximate surface area is 109 Å². The van der Waals surface area contributed by atoms with Crippen molar-refractivity contribution >= 4 is 21.0 Å². The Bertz CT molecular complexity index is 528. The van der Waals surface area contributed by atoms with Crippen molar-refractivity contribution in [3.05, 3.63) is 76.3 Å². The summed E-state index contributed by atoms with van der Waals surface area (Å²) in [6.45, 7) is 0. The van der Waals surface area contributed by atoms with Gasteiger partial charge in [-0.2, -0.15) is 0 Å². The maximum absolute atomic E-state index is 2.36. The Morgan fingerprint density at radius 3 is 2.53 bits per heavy atom. The monoisotopic (exact) mass is 286 g/mol. The number of hydrogen-bond donors (Lipinski definition) is 0. The minimum absolute atomic E-state index is 0.587. The van der Waals surface area contributed by atoms with E-state index in [2.05, 4.69) is 65.6 Å². The summed E-state index contributed by atoms with van der Waals surface area (Å²) >= 11 is 0.587. The van der Waals surface area contributed by atoms with E-state index in [1.807, 2.05) is 0 Å². The number of benzene rings is 2. The van der Waals surface area contributed by atoms with Crippen molar-refractivity contribution in [2.75, 3.05) is 0 Å². The van der Waals surface area contributed by atoms with Crippen LogP contribution in [0.1, 0.15) is 21.5 Å². The molecule has 1 aliphatic heterocycles. The van der Waals surface area contributed by atoms with Gasteiger partial charge in [0, 0.05) is 0 Å². The first-order valence-electron chi connectivity index (χ1n) is 5.88. The first-order chi connectivity index (χ1) is 8.43. The fourth-order valence-electron chi connectivity index (χ4n) is 2.22. The third-order valence-corrected chi connectivity index (χ3v) is 5.28. The van der Waals surface area contributed by atoms with Crippen molar-refractivity contribution in [3.8, 4) is 0 Å². The van der Waals surface area contributed by atoms with Gasteiger partial charge in [0.1, 0.15) is 0 Å². The van der Waals surface area contributed by atoms with Crippen LogP contribution in [0.2, 0.25) is 0 Å². The van der Waals surface area contributed by atoms with Crippen LogP contribution in [0.4, 0.5) is 0 Å². The SMILES string of the molecule is C1=Cc2ccccc2C(Cc2ccccc2)[Se]1. The van der Waals surface area contributed by atoms with E-state index in [-0.39, 0.29) is 0 Å². The fraction of sp³-hybridized carbons (Fsp3) is 0.125. The maximum atomic E-state index is 2.36. The first kappa shape index (κ1) is 10.8. The second-order valence-corrected chi connectivity index (χ2v) is 6.58. The Balaban J connectivity index is 1.88. The average Bonchev–Trinajstić information content (AvgIpc) is 2.40. The molecule has 84 valence electrons. The number of fused-ring (bicyclic) bond motifs is 1. The van der Waals surface area contributed by atoms with E-state index in [9.17, 15) is 0 Å². The average molecular weight is 285 g/mol. The molecular formula is C16H14Se. The van der Waals surface area contributed by atoms with E-state index in [4.69, 9.17) is 0 Å².